The largest absolute Gasteiger partial charge is 0.478 e. The topological polar surface area (TPSA) is 107 Å². The molecular weight excluding hydrogens is 361 g/mol. The molecule has 2 aromatic rings. The monoisotopic (exact) mass is 381 g/mol. The molecular formula is C16H20FN3O5Si. The van der Waals surface area contributed by atoms with Crippen molar-refractivity contribution in [2.24, 2.45) is 0 Å². The number of non-ortho nitro benzene ring substituents is 1. The highest BCUT2D eigenvalue weighted by Gasteiger charge is 2.23. The van der Waals surface area contributed by atoms with Gasteiger partial charge in [0.2, 0.25) is 0 Å². The predicted octanol–water partition coefficient (Wildman–Crippen LogP) is 3.61. The summed E-state index contributed by atoms with van der Waals surface area (Å²) in [6.45, 7) is 7.42. The Balaban J connectivity index is 2.23. The molecule has 0 atom stereocenters. The van der Waals surface area contributed by atoms with Crippen LogP contribution in [-0.4, -0.2) is 40.5 Å². The number of nitro benzene ring substituents is 1. The van der Waals surface area contributed by atoms with Crippen LogP contribution in [-0.2, 0) is 11.5 Å². The summed E-state index contributed by atoms with van der Waals surface area (Å²) in [5, 5.41) is 24.1. The summed E-state index contributed by atoms with van der Waals surface area (Å²) >= 11 is 0. The first-order valence-corrected chi connectivity index (χ1v) is 11.6. The molecule has 0 saturated carbocycles. The normalized spacial score (nSPS) is 11.5. The number of benzene rings is 1. The molecule has 0 aliphatic rings. The zero-order chi connectivity index (χ0) is 19.5. The summed E-state index contributed by atoms with van der Waals surface area (Å²) in [4.78, 5) is 21.4. The molecule has 0 saturated heterocycles. The summed E-state index contributed by atoms with van der Waals surface area (Å²) in [6.07, 6.45) is 2.75. The van der Waals surface area contributed by atoms with Gasteiger partial charge >= 0.3 is 5.97 Å². The zero-order valence-electron chi connectivity index (χ0n) is 14.7. The van der Waals surface area contributed by atoms with Gasteiger partial charge < -0.3 is 9.84 Å². The van der Waals surface area contributed by atoms with Crippen molar-refractivity contribution in [1.82, 2.24) is 9.78 Å². The van der Waals surface area contributed by atoms with Crippen LogP contribution >= 0.6 is 0 Å². The first-order chi connectivity index (χ1) is 12.1. The molecule has 26 heavy (non-hydrogen) atoms. The molecule has 0 bridgehead atoms. The van der Waals surface area contributed by atoms with E-state index in [1.807, 2.05) is 0 Å². The third-order valence-electron chi connectivity index (χ3n) is 3.66. The van der Waals surface area contributed by atoms with Gasteiger partial charge in [0.1, 0.15) is 12.5 Å². The summed E-state index contributed by atoms with van der Waals surface area (Å²) in [7, 11) is -1.21. The van der Waals surface area contributed by atoms with Crippen molar-refractivity contribution in [1.29, 1.82) is 0 Å². The standard InChI is InChI=1S/C16H20FN3O5Si/c1-26(2,3)5-4-25-10-19-9-11(8-18-19)15-13(16(21)22)6-12(20(23)24)7-14(15)17/h6-9H,4-5,10H2,1-3H3,(H,21,22). The fraction of sp³-hybridized carbons (Fsp3) is 0.375. The molecule has 0 amide bonds. The van der Waals surface area contributed by atoms with E-state index >= 15 is 0 Å². The molecule has 1 N–H and O–H groups in total. The van der Waals surface area contributed by atoms with E-state index in [1.165, 1.54) is 17.1 Å². The molecule has 0 fully saturated rings. The Morgan fingerprint density at radius 1 is 1.42 bits per heavy atom. The van der Waals surface area contributed by atoms with Gasteiger partial charge in [-0.25, -0.2) is 13.9 Å². The molecule has 1 aromatic carbocycles. The van der Waals surface area contributed by atoms with Crippen molar-refractivity contribution in [3.63, 3.8) is 0 Å². The van der Waals surface area contributed by atoms with Crippen LogP contribution < -0.4 is 0 Å². The van der Waals surface area contributed by atoms with Crippen LogP contribution in [0.15, 0.2) is 24.5 Å². The first kappa shape index (κ1) is 19.7. The van der Waals surface area contributed by atoms with Crippen molar-refractivity contribution >= 4 is 19.7 Å². The number of aromatic nitrogens is 2. The molecule has 0 aliphatic carbocycles. The third kappa shape index (κ3) is 4.96. The molecule has 140 valence electrons. The minimum absolute atomic E-state index is 0.154. The van der Waals surface area contributed by atoms with Gasteiger partial charge in [-0.3, -0.25) is 10.1 Å². The van der Waals surface area contributed by atoms with Crippen LogP contribution in [0.2, 0.25) is 25.7 Å². The molecule has 1 aromatic heterocycles. The van der Waals surface area contributed by atoms with Gasteiger partial charge in [0.25, 0.3) is 5.69 Å². The lowest BCUT2D eigenvalue weighted by atomic mass is 10.0. The van der Waals surface area contributed by atoms with E-state index in [9.17, 15) is 24.4 Å². The van der Waals surface area contributed by atoms with Crippen LogP contribution in [0, 0.1) is 15.9 Å². The van der Waals surface area contributed by atoms with E-state index in [1.54, 1.807) is 0 Å². The zero-order valence-corrected chi connectivity index (χ0v) is 15.7. The fourth-order valence-corrected chi connectivity index (χ4v) is 3.02. The third-order valence-corrected chi connectivity index (χ3v) is 5.36. The predicted molar refractivity (Wildman–Crippen MR) is 95.3 cm³/mol. The Bertz CT molecular complexity index is 832. The Morgan fingerprint density at radius 3 is 2.69 bits per heavy atom. The molecule has 8 nitrogen and oxygen atoms in total. The Labute approximate surface area is 150 Å². The van der Waals surface area contributed by atoms with Crippen molar-refractivity contribution in [2.45, 2.75) is 32.4 Å². The summed E-state index contributed by atoms with van der Waals surface area (Å²) in [5.41, 5.74) is -1.14. The van der Waals surface area contributed by atoms with Gasteiger partial charge in [-0.1, -0.05) is 19.6 Å². The number of aromatic carboxylic acids is 1. The minimum Gasteiger partial charge on any atom is -0.478 e. The highest BCUT2D eigenvalue weighted by atomic mass is 28.3. The number of halogens is 1. The second-order valence-corrected chi connectivity index (χ2v) is 12.7. The number of ether oxygens (including phenoxy) is 1. The second kappa shape index (κ2) is 7.75. The lowest BCUT2D eigenvalue weighted by molar-refractivity contribution is -0.385. The van der Waals surface area contributed by atoms with Crippen LogP contribution in [0.4, 0.5) is 10.1 Å². The number of hydrogen-bond donors (Lipinski definition) is 1. The number of carboxylic acid groups (broad SMARTS) is 1. The van der Waals surface area contributed by atoms with Crippen molar-refractivity contribution < 1.29 is 24.0 Å². The van der Waals surface area contributed by atoms with Gasteiger partial charge in [-0.05, 0) is 6.04 Å². The number of rotatable bonds is 8. The molecule has 1 heterocycles. The molecule has 0 radical (unpaired) electrons. The Kier molecular flexibility index (Phi) is 5.88. The van der Waals surface area contributed by atoms with E-state index in [0.29, 0.717) is 12.7 Å². The minimum atomic E-state index is -1.46. The highest BCUT2D eigenvalue weighted by Crippen LogP contribution is 2.30. The summed E-state index contributed by atoms with van der Waals surface area (Å²) in [6, 6.07) is 2.52. The lowest BCUT2D eigenvalue weighted by Gasteiger charge is -2.15. The van der Waals surface area contributed by atoms with E-state index in [-0.39, 0.29) is 17.9 Å². The number of hydrogen-bond acceptors (Lipinski definition) is 5. The Hall–Kier alpha value is -2.59. The molecule has 0 spiro atoms. The summed E-state index contributed by atoms with van der Waals surface area (Å²) < 4.78 is 21.3. The van der Waals surface area contributed by atoms with Gasteiger partial charge in [0.05, 0.1) is 22.7 Å². The molecule has 0 aliphatic heterocycles. The first-order valence-electron chi connectivity index (χ1n) is 7.90. The van der Waals surface area contributed by atoms with Gasteiger partial charge in [-0.2, -0.15) is 5.10 Å². The van der Waals surface area contributed by atoms with E-state index in [2.05, 4.69) is 24.7 Å². The molecule has 2 rings (SSSR count). The number of carbonyl (C=O) groups is 1. The lowest BCUT2D eigenvalue weighted by Crippen LogP contribution is -2.22. The maximum Gasteiger partial charge on any atom is 0.336 e. The van der Waals surface area contributed by atoms with Crippen LogP contribution in [0.5, 0.6) is 0 Å². The number of carboxylic acids is 1. The van der Waals surface area contributed by atoms with Crippen LogP contribution in [0.25, 0.3) is 11.1 Å². The number of nitro groups is 1. The fourth-order valence-electron chi connectivity index (χ4n) is 2.26. The second-order valence-electron chi connectivity index (χ2n) is 7.03. The van der Waals surface area contributed by atoms with E-state index in [4.69, 9.17) is 4.74 Å². The highest BCUT2D eigenvalue weighted by molar-refractivity contribution is 6.76. The number of nitrogens with zero attached hydrogens (tertiary/aromatic N) is 3. The van der Waals surface area contributed by atoms with Crippen molar-refractivity contribution in [3.05, 3.63) is 46.0 Å². The van der Waals surface area contributed by atoms with Gasteiger partial charge in [0, 0.05) is 38.1 Å². The smallest absolute Gasteiger partial charge is 0.336 e. The molecule has 10 heteroatoms. The SMILES string of the molecule is C[Si](C)(C)CCOCn1cc(-c2c(F)cc([N+](=O)[O-])cc2C(=O)O)cn1. The quantitative estimate of drug-likeness (QED) is 0.324. The van der Waals surface area contributed by atoms with Gasteiger partial charge in [0.15, 0.2) is 0 Å². The summed E-state index contributed by atoms with van der Waals surface area (Å²) in [5.74, 6) is -2.45. The Morgan fingerprint density at radius 2 is 2.12 bits per heavy atom. The van der Waals surface area contributed by atoms with Gasteiger partial charge in [-0.15, -0.1) is 0 Å². The maximum absolute atomic E-state index is 14.3. The maximum atomic E-state index is 14.3. The average Bonchev–Trinajstić information content (AvgIpc) is 2.98. The van der Waals surface area contributed by atoms with Crippen molar-refractivity contribution in [3.8, 4) is 11.1 Å². The van der Waals surface area contributed by atoms with E-state index < -0.39 is 36.0 Å². The van der Waals surface area contributed by atoms with Crippen LogP contribution in [0.3, 0.4) is 0 Å². The van der Waals surface area contributed by atoms with E-state index in [0.717, 1.165) is 12.1 Å². The van der Waals surface area contributed by atoms with Crippen molar-refractivity contribution in [2.75, 3.05) is 6.61 Å². The molecule has 0 unspecified atom stereocenters. The van der Waals surface area contributed by atoms with Crippen LogP contribution in [0.1, 0.15) is 10.4 Å². The average molecular weight is 381 g/mol.